The highest BCUT2D eigenvalue weighted by atomic mass is 32.1. The Morgan fingerprint density at radius 1 is 0.912 bits per heavy atom. The standard InChI is InChI=1S/C27H45N5OS/c1-4-6-8-10-12-14-19-24(20-15-13-11-9-7-5-2)28-26(33)30-31-27-29-25(32-34-27)23-18-16-17-22(3)21-23/h16-18,21,24H,4-15,19-20H2,1-3H3,(H2,28,30,33)(H,29,31,32). The number of aryl methyl sites for hydroxylation is 1. The number of aromatic nitrogens is 2. The number of hydrogen-bond donors (Lipinski definition) is 3. The van der Waals surface area contributed by atoms with Crippen molar-refractivity contribution in [2.24, 2.45) is 0 Å². The summed E-state index contributed by atoms with van der Waals surface area (Å²) >= 11 is 1.24. The molecular formula is C27H45N5OS. The number of rotatable bonds is 18. The summed E-state index contributed by atoms with van der Waals surface area (Å²) in [5, 5.41) is 3.76. The third kappa shape index (κ3) is 11.8. The number of hydrogen-bond acceptors (Lipinski definition) is 5. The number of hydrazine groups is 1. The number of urea groups is 1. The van der Waals surface area contributed by atoms with Crippen LogP contribution in [0.2, 0.25) is 0 Å². The van der Waals surface area contributed by atoms with Crippen LogP contribution < -0.4 is 16.2 Å². The van der Waals surface area contributed by atoms with E-state index in [1.165, 1.54) is 94.1 Å². The van der Waals surface area contributed by atoms with E-state index in [4.69, 9.17) is 0 Å². The lowest BCUT2D eigenvalue weighted by Crippen LogP contribution is -2.44. The molecule has 1 aromatic heterocycles. The minimum absolute atomic E-state index is 0.200. The molecule has 1 aromatic carbocycles. The van der Waals surface area contributed by atoms with Gasteiger partial charge in [-0.2, -0.15) is 9.36 Å². The van der Waals surface area contributed by atoms with Crippen LogP contribution in [0.5, 0.6) is 0 Å². The van der Waals surface area contributed by atoms with Gasteiger partial charge in [0, 0.05) is 23.1 Å². The van der Waals surface area contributed by atoms with Gasteiger partial charge in [-0.05, 0) is 25.8 Å². The molecule has 0 saturated carbocycles. The van der Waals surface area contributed by atoms with Crippen LogP contribution >= 0.6 is 11.5 Å². The van der Waals surface area contributed by atoms with Crippen molar-refractivity contribution < 1.29 is 4.79 Å². The molecule has 190 valence electrons. The van der Waals surface area contributed by atoms with Crippen LogP contribution in [0.15, 0.2) is 24.3 Å². The number of amides is 2. The van der Waals surface area contributed by atoms with E-state index >= 15 is 0 Å². The van der Waals surface area contributed by atoms with Gasteiger partial charge in [-0.3, -0.25) is 5.43 Å². The monoisotopic (exact) mass is 487 g/mol. The first-order chi connectivity index (χ1) is 16.6. The molecule has 0 saturated heterocycles. The van der Waals surface area contributed by atoms with E-state index in [0.29, 0.717) is 11.0 Å². The lowest BCUT2D eigenvalue weighted by Gasteiger charge is -2.19. The van der Waals surface area contributed by atoms with Crippen molar-refractivity contribution in [3.05, 3.63) is 29.8 Å². The molecule has 34 heavy (non-hydrogen) atoms. The third-order valence-electron chi connectivity index (χ3n) is 6.13. The average molecular weight is 488 g/mol. The topological polar surface area (TPSA) is 78.9 Å². The molecule has 2 aromatic rings. The van der Waals surface area contributed by atoms with Crippen LogP contribution in [0.3, 0.4) is 0 Å². The maximum Gasteiger partial charge on any atom is 0.333 e. The van der Waals surface area contributed by atoms with Crippen molar-refractivity contribution in [3.8, 4) is 11.4 Å². The molecule has 0 atom stereocenters. The average Bonchev–Trinajstić information content (AvgIpc) is 3.31. The van der Waals surface area contributed by atoms with E-state index in [0.717, 1.165) is 18.4 Å². The predicted octanol–water partition coefficient (Wildman–Crippen LogP) is 8.01. The van der Waals surface area contributed by atoms with Crippen molar-refractivity contribution in [2.45, 2.75) is 117 Å². The molecule has 0 aliphatic rings. The summed E-state index contributed by atoms with van der Waals surface area (Å²) in [6.07, 6.45) is 17.4. The van der Waals surface area contributed by atoms with Gasteiger partial charge in [0.2, 0.25) is 5.13 Å². The molecule has 0 spiro atoms. The molecule has 0 bridgehead atoms. The first-order valence-corrected chi connectivity index (χ1v) is 14.1. The van der Waals surface area contributed by atoms with Crippen LogP contribution in [-0.4, -0.2) is 21.4 Å². The summed E-state index contributed by atoms with van der Waals surface area (Å²) in [5.41, 5.74) is 7.81. The minimum Gasteiger partial charge on any atom is -0.334 e. The third-order valence-corrected chi connectivity index (χ3v) is 6.76. The van der Waals surface area contributed by atoms with Crippen molar-refractivity contribution in [3.63, 3.8) is 0 Å². The summed E-state index contributed by atoms with van der Waals surface area (Å²) in [6, 6.07) is 8.12. The van der Waals surface area contributed by atoms with Crippen molar-refractivity contribution in [1.82, 2.24) is 20.1 Å². The van der Waals surface area contributed by atoms with Crippen molar-refractivity contribution >= 4 is 22.7 Å². The molecule has 7 heteroatoms. The zero-order chi connectivity index (χ0) is 24.4. The molecule has 0 fully saturated rings. The lowest BCUT2D eigenvalue weighted by molar-refractivity contribution is 0.236. The molecular weight excluding hydrogens is 442 g/mol. The molecule has 2 amide bonds. The second kappa shape index (κ2) is 17.3. The number of benzene rings is 1. The van der Waals surface area contributed by atoms with Gasteiger partial charge < -0.3 is 5.32 Å². The molecule has 6 nitrogen and oxygen atoms in total. The second-order valence-corrected chi connectivity index (χ2v) is 10.1. The molecule has 0 unspecified atom stereocenters. The van der Waals surface area contributed by atoms with E-state index in [1.807, 2.05) is 25.1 Å². The highest BCUT2D eigenvalue weighted by molar-refractivity contribution is 7.09. The number of anilines is 1. The number of nitrogens with one attached hydrogen (secondary N) is 3. The first kappa shape index (κ1) is 28.1. The predicted molar refractivity (Wildman–Crippen MR) is 145 cm³/mol. The normalized spacial score (nSPS) is 11.1. The quantitative estimate of drug-likeness (QED) is 0.147. The van der Waals surface area contributed by atoms with E-state index in [9.17, 15) is 4.79 Å². The van der Waals surface area contributed by atoms with Gasteiger partial charge in [0.05, 0.1) is 0 Å². The number of carbonyl (C=O) groups excluding carboxylic acids is 1. The second-order valence-electron chi connectivity index (χ2n) is 9.33. The molecule has 2 rings (SSSR count). The van der Waals surface area contributed by atoms with E-state index in [1.54, 1.807) is 0 Å². The van der Waals surface area contributed by atoms with Gasteiger partial charge in [-0.25, -0.2) is 10.2 Å². The zero-order valence-electron chi connectivity index (χ0n) is 21.5. The van der Waals surface area contributed by atoms with Gasteiger partial charge in [-0.15, -0.1) is 0 Å². The summed E-state index contributed by atoms with van der Waals surface area (Å²) < 4.78 is 4.40. The Bertz CT molecular complexity index is 794. The molecule has 0 radical (unpaired) electrons. The highest BCUT2D eigenvalue weighted by Gasteiger charge is 2.13. The highest BCUT2D eigenvalue weighted by Crippen LogP contribution is 2.21. The summed E-state index contributed by atoms with van der Waals surface area (Å²) in [6.45, 7) is 6.55. The zero-order valence-corrected chi connectivity index (χ0v) is 22.3. The van der Waals surface area contributed by atoms with Gasteiger partial charge in [0.1, 0.15) is 0 Å². The number of nitrogens with zero attached hydrogens (tertiary/aromatic N) is 2. The summed E-state index contributed by atoms with van der Waals surface area (Å²) in [7, 11) is 0. The summed E-state index contributed by atoms with van der Waals surface area (Å²) in [5.74, 6) is 0.669. The van der Waals surface area contributed by atoms with Crippen molar-refractivity contribution in [2.75, 3.05) is 5.43 Å². The number of unbranched alkanes of at least 4 members (excludes halogenated alkanes) is 10. The Morgan fingerprint density at radius 2 is 1.53 bits per heavy atom. The summed E-state index contributed by atoms with van der Waals surface area (Å²) in [4.78, 5) is 17.1. The molecule has 3 N–H and O–H groups in total. The Balaban J connectivity index is 1.76. The van der Waals surface area contributed by atoms with Crippen LogP contribution in [-0.2, 0) is 0 Å². The smallest absolute Gasteiger partial charge is 0.333 e. The van der Waals surface area contributed by atoms with Crippen LogP contribution in [0, 0.1) is 6.92 Å². The lowest BCUT2D eigenvalue weighted by atomic mass is 10.00. The fourth-order valence-corrected chi connectivity index (χ4v) is 4.68. The van der Waals surface area contributed by atoms with Crippen LogP contribution in [0.25, 0.3) is 11.4 Å². The Labute approximate surface area is 210 Å². The molecule has 0 aliphatic heterocycles. The Kier molecular flexibility index (Phi) is 14.3. The largest absolute Gasteiger partial charge is 0.334 e. The van der Waals surface area contributed by atoms with Gasteiger partial charge in [0.15, 0.2) is 5.82 Å². The molecule has 1 heterocycles. The fraction of sp³-hybridized carbons (Fsp3) is 0.667. The maximum atomic E-state index is 12.6. The van der Waals surface area contributed by atoms with Crippen LogP contribution in [0.1, 0.15) is 109 Å². The minimum atomic E-state index is -0.200. The van der Waals surface area contributed by atoms with Gasteiger partial charge in [0.25, 0.3) is 0 Å². The fourth-order valence-electron chi connectivity index (χ4n) is 4.14. The van der Waals surface area contributed by atoms with Gasteiger partial charge >= 0.3 is 6.03 Å². The van der Waals surface area contributed by atoms with Crippen molar-refractivity contribution in [1.29, 1.82) is 0 Å². The molecule has 0 aliphatic carbocycles. The SMILES string of the molecule is CCCCCCCCC(CCCCCCCC)NC(=O)NNc1nc(-c2cccc(C)c2)ns1. The number of carbonyl (C=O) groups is 1. The van der Waals surface area contributed by atoms with E-state index in [-0.39, 0.29) is 12.1 Å². The Hall–Kier alpha value is -2.15. The Morgan fingerprint density at radius 3 is 2.15 bits per heavy atom. The van der Waals surface area contributed by atoms with Gasteiger partial charge in [-0.1, -0.05) is 115 Å². The first-order valence-electron chi connectivity index (χ1n) is 13.4. The van der Waals surface area contributed by atoms with E-state index < -0.39 is 0 Å². The van der Waals surface area contributed by atoms with Crippen LogP contribution in [0.4, 0.5) is 9.93 Å². The maximum absolute atomic E-state index is 12.6. The van der Waals surface area contributed by atoms with E-state index in [2.05, 4.69) is 45.4 Å².